The van der Waals surface area contributed by atoms with Gasteiger partial charge < -0.3 is 5.32 Å². The standard InChI is InChI=1S/C22H19FN4OS/c1-14-3-5-16(6-4-14)22-24-18(13-29-22)12-21(28)25-20-11-15(2)26-27(20)19-9-7-17(23)8-10-19/h3-11,13H,12H2,1-2H3,(H,25,28). The first-order valence-corrected chi connectivity index (χ1v) is 10.00. The summed E-state index contributed by atoms with van der Waals surface area (Å²) in [5.74, 6) is 0.0261. The second-order valence-corrected chi connectivity index (χ2v) is 7.65. The lowest BCUT2D eigenvalue weighted by Crippen LogP contribution is -2.17. The van der Waals surface area contributed by atoms with Crippen molar-refractivity contribution < 1.29 is 9.18 Å². The molecule has 2 aromatic carbocycles. The predicted octanol–water partition coefficient (Wildman–Crippen LogP) is 4.93. The second kappa shape index (κ2) is 7.97. The van der Waals surface area contributed by atoms with Crippen molar-refractivity contribution in [1.29, 1.82) is 0 Å². The maximum absolute atomic E-state index is 13.2. The number of rotatable bonds is 5. The average Bonchev–Trinajstić information content (AvgIpc) is 3.29. The molecular weight excluding hydrogens is 387 g/mol. The van der Waals surface area contributed by atoms with E-state index >= 15 is 0 Å². The van der Waals surface area contributed by atoms with Gasteiger partial charge in [0, 0.05) is 17.0 Å². The molecule has 0 aliphatic heterocycles. The van der Waals surface area contributed by atoms with Gasteiger partial charge in [0.25, 0.3) is 0 Å². The van der Waals surface area contributed by atoms with Crippen molar-refractivity contribution in [2.24, 2.45) is 0 Å². The van der Waals surface area contributed by atoms with E-state index in [0.29, 0.717) is 17.2 Å². The van der Waals surface area contributed by atoms with Crippen LogP contribution in [0.4, 0.5) is 10.2 Å². The third-order valence-corrected chi connectivity index (χ3v) is 5.30. The Bertz CT molecular complexity index is 1150. The number of benzene rings is 2. The molecule has 0 aliphatic rings. The number of aromatic nitrogens is 3. The van der Waals surface area contributed by atoms with E-state index in [1.54, 1.807) is 22.9 Å². The molecular formula is C22H19FN4OS. The van der Waals surface area contributed by atoms with Crippen molar-refractivity contribution >= 4 is 23.1 Å². The van der Waals surface area contributed by atoms with Gasteiger partial charge in [0.05, 0.1) is 23.5 Å². The predicted molar refractivity (Wildman–Crippen MR) is 113 cm³/mol. The van der Waals surface area contributed by atoms with Crippen molar-refractivity contribution in [3.63, 3.8) is 0 Å². The number of amides is 1. The van der Waals surface area contributed by atoms with Gasteiger partial charge in [0.15, 0.2) is 0 Å². The van der Waals surface area contributed by atoms with Gasteiger partial charge in [-0.3, -0.25) is 4.79 Å². The van der Waals surface area contributed by atoms with Crippen LogP contribution in [0.1, 0.15) is 17.0 Å². The summed E-state index contributed by atoms with van der Waals surface area (Å²) >= 11 is 1.52. The van der Waals surface area contributed by atoms with Gasteiger partial charge in [-0.15, -0.1) is 11.3 Å². The van der Waals surface area contributed by atoms with E-state index in [4.69, 9.17) is 0 Å². The van der Waals surface area contributed by atoms with Gasteiger partial charge in [-0.2, -0.15) is 5.10 Å². The Kier molecular flexibility index (Phi) is 5.22. The molecule has 1 N–H and O–H groups in total. The summed E-state index contributed by atoms with van der Waals surface area (Å²) in [6.07, 6.45) is 0.163. The molecule has 2 aromatic heterocycles. The molecule has 0 atom stereocenters. The fourth-order valence-corrected chi connectivity index (χ4v) is 3.76. The number of halogens is 1. The van der Waals surface area contributed by atoms with E-state index in [0.717, 1.165) is 16.3 Å². The van der Waals surface area contributed by atoms with Crippen LogP contribution in [0.25, 0.3) is 16.3 Å². The molecule has 0 radical (unpaired) electrons. The van der Waals surface area contributed by atoms with Gasteiger partial charge in [-0.1, -0.05) is 29.8 Å². The zero-order chi connectivity index (χ0) is 20.4. The summed E-state index contributed by atoms with van der Waals surface area (Å²) in [6, 6.07) is 15.9. The minimum absolute atomic E-state index is 0.163. The third-order valence-electron chi connectivity index (χ3n) is 4.36. The lowest BCUT2D eigenvalue weighted by molar-refractivity contribution is -0.115. The topological polar surface area (TPSA) is 59.8 Å². The van der Waals surface area contributed by atoms with Crippen LogP contribution < -0.4 is 5.32 Å². The molecule has 5 nitrogen and oxygen atoms in total. The number of hydrogen-bond donors (Lipinski definition) is 1. The van der Waals surface area contributed by atoms with Gasteiger partial charge in [-0.25, -0.2) is 14.1 Å². The third kappa shape index (κ3) is 4.41. The fourth-order valence-electron chi connectivity index (χ4n) is 2.94. The number of thiazole rings is 1. The molecule has 2 heterocycles. The van der Waals surface area contributed by atoms with Crippen molar-refractivity contribution in [3.05, 3.63) is 82.7 Å². The van der Waals surface area contributed by atoms with E-state index in [1.807, 2.05) is 43.5 Å². The Morgan fingerprint density at radius 2 is 1.83 bits per heavy atom. The monoisotopic (exact) mass is 406 g/mol. The SMILES string of the molecule is Cc1ccc(-c2nc(CC(=O)Nc3cc(C)nn3-c3ccc(F)cc3)cs2)cc1. The second-order valence-electron chi connectivity index (χ2n) is 6.79. The Balaban J connectivity index is 1.48. The van der Waals surface area contributed by atoms with Crippen LogP contribution in [0, 0.1) is 19.7 Å². The van der Waals surface area contributed by atoms with Crippen LogP contribution in [0.3, 0.4) is 0 Å². The van der Waals surface area contributed by atoms with Crippen LogP contribution in [0.5, 0.6) is 0 Å². The van der Waals surface area contributed by atoms with Gasteiger partial charge in [0.1, 0.15) is 16.6 Å². The van der Waals surface area contributed by atoms with Gasteiger partial charge in [-0.05, 0) is 38.1 Å². The van der Waals surface area contributed by atoms with Crippen molar-refractivity contribution in [2.45, 2.75) is 20.3 Å². The van der Waals surface area contributed by atoms with E-state index in [-0.39, 0.29) is 18.1 Å². The number of nitrogens with one attached hydrogen (secondary N) is 1. The van der Waals surface area contributed by atoms with E-state index < -0.39 is 0 Å². The number of carbonyl (C=O) groups excluding carboxylic acids is 1. The maximum atomic E-state index is 13.2. The van der Waals surface area contributed by atoms with Crippen LogP contribution in [0.15, 0.2) is 60.0 Å². The molecule has 1 amide bonds. The van der Waals surface area contributed by atoms with Crippen LogP contribution in [-0.4, -0.2) is 20.7 Å². The summed E-state index contributed by atoms with van der Waals surface area (Å²) < 4.78 is 14.8. The van der Waals surface area contributed by atoms with Gasteiger partial charge in [0.2, 0.25) is 5.91 Å². The molecule has 0 bridgehead atoms. The zero-order valence-corrected chi connectivity index (χ0v) is 16.8. The number of aryl methyl sites for hydroxylation is 2. The molecule has 4 aromatic rings. The molecule has 7 heteroatoms. The number of anilines is 1. The lowest BCUT2D eigenvalue weighted by Gasteiger charge is -2.08. The summed E-state index contributed by atoms with van der Waals surface area (Å²) in [5, 5.41) is 10.1. The molecule has 146 valence electrons. The Labute approximate surface area is 171 Å². The normalized spacial score (nSPS) is 10.9. The molecule has 0 saturated carbocycles. The molecule has 0 aliphatic carbocycles. The van der Waals surface area contributed by atoms with E-state index in [1.165, 1.54) is 29.0 Å². The summed E-state index contributed by atoms with van der Waals surface area (Å²) in [5.41, 5.74) is 4.37. The fraction of sp³-hybridized carbons (Fsp3) is 0.136. The highest BCUT2D eigenvalue weighted by molar-refractivity contribution is 7.13. The zero-order valence-electron chi connectivity index (χ0n) is 16.0. The molecule has 0 fully saturated rings. The minimum atomic E-state index is -0.323. The lowest BCUT2D eigenvalue weighted by atomic mass is 10.2. The highest BCUT2D eigenvalue weighted by Crippen LogP contribution is 2.24. The summed E-state index contributed by atoms with van der Waals surface area (Å²) in [4.78, 5) is 17.2. The Hall–Kier alpha value is -3.32. The minimum Gasteiger partial charge on any atom is -0.310 e. The van der Waals surface area contributed by atoms with E-state index in [9.17, 15) is 9.18 Å². The quantitative estimate of drug-likeness (QED) is 0.511. The van der Waals surface area contributed by atoms with Crippen LogP contribution in [0.2, 0.25) is 0 Å². The molecule has 0 saturated heterocycles. The highest BCUT2D eigenvalue weighted by atomic mass is 32.1. The first kappa shape index (κ1) is 19.0. The van der Waals surface area contributed by atoms with Crippen molar-refractivity contribution in [2.75, 3.05) is 5.32 Å². The largest absolute Gasteiger partial charge is 0.310 e. The van der Waals surface area contributed by atoms with Crippen LogP contribution >= 0.6 is 11.3 Å². The van der Waals surface area contributed by atoms with Crippen LogP contribution in [-0.2, 0) is 11.2 Å². The first-order chi connectivity index (χ1) is 14.0. The number of nitrogens with zero attached hydrogens (tertiary/aromatic N) is 3. The van der Waals surface area contributed by atoms with Crippen molar-refractivity contribution in [3.8, 4) is 16.3 Å². The molecule has 0 spiro atoms. The van der Waals surface area contributed by atoms with E-state index in [2.05, 4.69) is 15.4 Å². The molecule has 4 rings (SSSR count). The maximum Gasteiger partial charge on any atom is 0.231 e. The number of carbonyl (C=O) groups is 1. The highest BCUT2D eigenvalue weighted by Gasteiger charge is 2.13. The number of hydrogen-bond acceptors (Lipinski definition) is 4. The molecule has 29 heavy (non-hydrogen) atoms. The Morgan fingerprint density at radius 1 is 1.10 bits per heavy atom. The average molecular weight is 406 g/mol. The Morgan fingerprint density at radius 3 is 2.55 bits per heavy atom. The summed E-state index contributed by atoms with van der Waals surface area (Å²) in [7, 11) is 0. The smallest absolute Gasteiger partial charge is 0.231 e. The summed E-state index contributed by atoms with van der Waals surface area (Å²) in [6.45, 7) is 3.88. The first-order valence-electron chi connectivity index (χ1n) is 9.12. The molecule has 0 unspecified atom stereocenters. The van der Waals surface area contributed by atoms with Gasteiger partial charge >= 0.3 is 0 Å². The van der Waals surface area contributed by atoms with Crippen molar-refractivity contribution in [1.82, 2.24) is 14.8 Å².